The molecule has 10 rings (SSSR count). The van der Waals surface area contributed by atoms with Crippen molar-refractivity contribution in [2.75, 3.05) is 9.80 Å². The fraction of sp³-hybridized carbons (Fsp3) is 0. The van der Waals surface area contributed by atoms with Crippen molar-refractivity contribution in [1.29, 1.82) is 0 Å². The third kappa shape index (κ3) is 5.36. The molecule has 4 heteroatoms. The van der Waals surface area contributed by atoms with E-state index < -0.39 is 0 Å². The summed E-state index contributed by atoms with van der Waals surface area (Å²) in [6, 6.07) is 70.2. The molecule has 2 nitrogen and oxygen atoms in total. The van der Waals surface area contributed by atoms with Crippen LogP contribution in [0.5, 0.6) is 0 Å². The van der Waals surface area contributed by atoms with Crippen molar-refractivity contribution in [2.24, 2.45) is 0 Å². The van der Waals surface area contributed by atoms with Crippen molar-refractivity contribution in [3.05, 3.63) is 194 Å². The molecule has 0 N–H and O–H groups in total. The van der Waals surface area contributed by atoms with Gasteiger partial charge < -0.3 is 9.80 Å². The van der Waals surface area contributed by atoms with Gasteiger partial charge in [0.25, 0.3) is 0 Å². The molecule has 2 heterocycles. The van der Waals surface area contributed by atoms with Crippen LogP contribution in [-0.4, -0.2) is 0 Å². The van der Waals surface area contributed by atoms with Gasteiger partial charge in [-0.05, 0) is 101 Å². The van der Waals surface area contributed by atoms with E-state index >= 15 is 0 Å². The average Bonchev–Trinajstić information content (AvgIpc) is 3.60. The van der Waals surface area contributed by atoms with Crippen molar-refractivity contribution in [3.8, 4) is 22.3 Å². The molecule has 0 bridgehead atoms. The summed E-state index contributed by atoms with van der Waals surface area (Å²) in [6.07, 6.45) is 0. The van der Waals surface area contributed by atoms with Crippen LogP contribution in [0.25, 0.3) is 42.4 Å². The topological polar surface area (TPSA) is 6.48 Å². The predicted octanol–water partition coefficient (Wildman–Crippen LogP) is 14.8. The summed E-state index contributed by atoms with van der Waals surface area (Å²) in [4.78, 5) is 7.23. The van der Waals surface area contributed by atoms with Gasteiger partial charge in [-0.1, -0.05) is 127 Å². The molecule has 1 aromatic heterocycles. The number of thiophene rings is 1. The van der Waals surface area contributed by atoms with Crippen LogP contribution in [0.1, 0.15) is 0 Å². The molecule has 0 amide bonds. The Balaban J connectivity index is 0.990. The van der Waals surface area contributed by atoms with E-state index in [4.69, 9.17) is 0 Å². The number of fused-ring (bicyclic) bond motifs is 5. The van der Waals surface area contributed by atoms with Gasteiger partial charge in [-0.15, -0.1) is 11.3 Å². The summed E-state index contributed by atoms with van der Waals surface area (Å²) in [5.74, 6) is 0. The highest BCUT2D eigenvalue weighted by atomic mass is 32.2. The quantitative estimate of drug-likeness (QED) is 0.170. The zero-order valence-corrected chi connectivity index (χ0v) is 29.8. The third-order valence-corrected chi connectivity index (χ3v) is 12.2. The number of hydrogen-bond donors (Lipinski definition) is 0. The fourth-order valence-corrected chi connectivity index (χ4v) is 9.72. The van der Waals surface area contributed by atoms with E-state index in [2.05, 4.69) is 204 Å². The third-order valence-electron chi connectivity index (χ3n) is 9.86. The number of hydrogen-bond acceptors (Lipinski definition) is 4. The van der Waals surface area contributed by atoms with Crippen LogP contribution in [0.2, 0.25) is 0 Å². The van der Waals surface area contributed by atoms with E-state index in [1.807, 2.05) is 23.1 Å². The largest absolute Gasteiger partial charge is 0.311 e. The molecule has 246 valence electrons. The van der Waals surface area contributed by atoms with Crippen LogP contribution >= 0.6 is 23.1 Å². The Morgan fingerprint density at radius 1 is 0.404 bits per heavy atom. The van der Waals surface area contributed by atoms with E-state index in [1.54, 1.807) is 0 Å². The van der Waals surface area contributed by atoms with Crippen LogP contribution < -0.4 is 9.80 Å². The molecule has 9 aromatic rings. The zero-order valence-electron chi connectivity index (χ0n) is 28.2. The summed E-state index contributed by atoms with van der Waals surface area (Å²) >= 11 is 3.72. The van der Waals surface area contributed by atoms with Crippen LogP contribution in [0.15, 0.2) is 204 Å². The van der Waals surface area contributed by atoms with Gasteiger partial charge in [-0.25, -0.2) is 0 Å². The summed E-state index contributed by atoms with van der Waals surface area (Å²) in [5, 5.41) is 2.65. The normalized spacial score (nSPS) is 12.1. The molecular weight excluding hydrogens is 669 g/mol. The molecule has 0 fully saturated rings. The van der Waals surface area contributed by atoms with Crippen molar-refractivity contribution in [2.45, 2.75) is 9.79 Å². The van der Waals surface area contributed by atoms with Gasteiger partial charge in [-0.2, -0.15) is 0 Å². The lowest BCUT2D eigenvalue weighted by Gasteiger charge is -2.33. The SMILES string of the molecule is c1ccc(N(c2ccc(-c3ccc4c(c3)Sc3ccccc3N4c3ccccc3)cc2)c2ccc(-c3cccc4c3sc3ccccc34)cc2)cc1. The molecule has 0 radical (unpaired) electrons. The first kappa shape index (κ1) is 30.7. The van der Waals surface area contributed by atoms with Crippen LogP contribution in [-0.2, 0) is 0 Å². The monoisotopic (exact) mass is 700 g/mol. The zero-order chi connectivity index (χ0) is 34.4. The standard InChI is InChI=1S/C48H32N2S2/c1-3-12-36(13-4-1)49(39-29-24-34(25-30-39)40-17-11-18-42-41-16-7-9-20-45(41)52-48(40)42)38-27-22-33(23-28-38)35-26-31-44-47(32-35)51-46-21-10-8-19-43(46)50(44)37-14-5-2-6-15-37/h1-32H. The summed E-state index contributed by atoms with van der Waals surface area (Å²) < 4.78 is 2.67. The number of benzene rings is 8. The first-order valence-corrected chi connectivity index (χ1v) is 19.1. The van der Waals surface area contributed by atoms with Crippen molar-refractivity contribution in [1.82, 2.24) is 0 Å². The lowest BCUT2D eigenvalue weighted by Crippen LogP contribution is -2.14. The average molecular weight is 701 g/mol. The van der Waals surface area contributed by atoms with E-state index in [9.17, 15) is 0 Å². The molecule has 0 saturated heterocycles. The molecule has 8 aromatic carbocycles. The van der Waals surface area contributed by atoms with Gasteiger partial charge in [-0.3, -0.25) is 0 Å². The minimum atomic E-state index is 1.12. The molecule has 52 heavy (non-hydrogen) atoms. The van der Waals surface area contributed by atoms with E-state index in [1.165, 1.54) is 69.3 Å². The highest BCUT2D eigenvalue weighted by Crippen LogP contribution is 2.52. The number of rotatable bonds is 6. The maximum absolute atomic E-state index is 2.37. The van der Waals surface area contributed by atoms with Crippen LogP contribution in [0.4, 0.5) is 34.1 Å². The van der Waals surface area contributed by atoms with Crippen molar-refractivity contribution >= 4 is 77.4 Å². The number of anilines is 6. The fourth-order valence-electron chi connectivity index (χ4n) is 7.38. The first-order chi connectivity index (χ1) is 25.8. The highest BCUT2D eigenvalue weighted by Gasteiger charge is 2.25. The maximum atomic E-state index is 2.37. The van der Waals surface area contributed by atoms with Gasteiger partial charge in [0.1, 0.15) is 0 Å². The Kier molecular flexibility index (Phi) is 7.63. The summed E-state index contributed by atoms with van der Waals surface area (Å²) in [6.45, 7) is 0. The van der Waals surface area contributed by atoms with Gasteiger partial charge in [0.05, 0.1) is 11.4 Å². The molecule has 1 aliphatic rings. The Morgan fingerprint density at radius 2 is 1.00 bits per heavy atom. The van der Waals surface area contributed by atoms with Crippen LogP contribution in [0, 0.1) is 0 Å². The molecule has 0 unspecified atom stereocenters. The molecule has 1 aliphatic heterocycles. The number of nitrogens with zero attached hydrogens (tertiary/aromatic N) is 2. The van der Waals surface area contributed by atoms with Gasteiger partial charge in [0.2, 0.25) is 0 Å². The predicted molar refractivity (Wildman–Crippen MR) is 224 cm³/mol. The smallest absolute Gasteiger partial charge is 0.0602 e. The Hall–Kier alpha value is -6.07. The maximum Gasteiger partial charge on any atom is 0.0602 e. The Bertz CT molecular complexity index is 2700. The minimum Gasteiger partial charge on any atom is -0.311 e. The molecule has 0 spiro atoms. The first-order valence-electron chi connectivity index (χ1n) is 17.5. The van der Waals surface area contributed by atoms with Gasteiger partial charge in [0, 0.05) is 52.7 Å². The molecule has 0 saturated carbocycles. The van der Waals surface area contributed by atoms with Crippen molar-refractivity contribution in [3.63, 3.8) is 0 Å². The molecule has 0 aliphatic carbocycles. The van der Waals surface area contributed by atoms with Crippen molar-refractivity contribution < 1.29 is 0 Å². The summed E-state index contributed by atoms with van der Waals surface area (Å²) in [5.41, 5.74) is 11.9. The van der Waals surface area contributed by atoms with Crippen LogP contribution in [0.3, 0.4) is 0 Å². The molecular formula is C48H32N2S2. The highest BCUT2D eigenvalue weighted by molar-refractivity contribution is 7.99. The lowest BCUT2D eigenvalue weighted by molar-refractivity contribution is 1.17. The second kappa shape index (κ2) is 12.9. The Morgan fingerprint density at radius 3 is 1.79 bits per heavy atom. The summed E-state index contributed by atoms with van der Waals surface area (Å²) in [7, 11) is 0. The van der Waals surface area contributed by atoms with Gasteiger partial charge >= 0.3 is 0 Å². The Labute approximate surface area is 311 Å². The minimum absolute atomic E-state index is 1.12. The van der Waals surface area contributed by atoms with E-state index in [0.29, 0.717) is 0 Å². The lowest BCUT2D eigenvalue weighted by atomic mass is 10.0. The van der Waals surface area contributed by atoms with Gasteiger partial charge in [0.15, 0.2) is 0 Å². The van der Waals surface area contributed by atoms with E-state index in [-0.39, 0.29) is 0 Å². The second-order valence-electron chi connectivity index (χ2n) is 13.0. The molecule has 0 atom stereocenters. The van der Waals surface area contributed by atoms with E-state index in [0.717, 1.165) is 17.1 Å². The second-order valence-corrected chi connectivity index (χ2v) is 15.1. The number of para-hydroxylation sites is 3.